The number of nitriles is 1. The molecule has 0 bridgehead atoms. The number of esters is 1. The summed E-state index contributed by atoms with van der Waals surface area (Å²) in [6, 6.07) is 2.03. The van der Waals surface area contributed by atoms with Gasteiger partial charge < -0.3 is 20.7 Å². The zero-order valence-electron chi connectivity index (χ0n) is 12.3. The average molecular weight is 308 g/mol. The molecule has 0 spiro atoms. The van der Waals surface area contributed by atoms with E-state index >= 15 is 0 Å². The van der Waals surface area contributed by atoms with Gasteiger partial charge in [-0.2, -0.15) is 5.26 Å². The van der Waals surface area contributed by atoms with Crippen molar-refractivity contribution in [3.05, 3.63) is 10.4 Å². The lowest BCUT2D eigenvalue weighted by atomic mass is 10.1. The summed E-state index contributed by atoms with van der Waals surface area (Å²) >= 11 is 1.21. The molecular formula is C14H20N4O2S. The van der Waals surface area contributed by atoms with Crippen LogP contribution in [0, 0.1) is 17.2 Å². The Morgan fingerprint density at radius 1 is 1.67 bits per heavy atom. The molecule has 114 valence electrons. The average Bonchev–Trinajstić information content (AvgIpc) is 3.00. The number of nitrogen functional groups attached to an aromatic ring is 1. The lowest BCUT2D eigenvalue weighted by molar-refractivity contribution is 0.0529. The molecule has 0 aromatic carbocycles. The van der Waals surface area contributed by atoms with Crippen LogP contribution in [0.3, 0.4) is 0 Å². The Hall–Kier alpha value is -1.78. The summed E-state index contributed by atoms with van der Waals surface area (Å²) in [5.41, 5.74) is 6.40. The number of nitrogens with one attached hydrogen (secondary N) is 1. The van der Waals surface area contributed by atoms with E-state index in [1.807, 2.05) is 6.07 Å². The number of ether oxygens (including phenoxy) is 1. The summed E-state index contributed by atoms with van der Waals surface area (Å²) in [5.74, 6) is 0.0673. The molecule has 3 N–H and O–H groups in total. The van der Waals surface area contributed by atoms with E-state index in [0.29, 0.717) is 21.4 Å². The summed E-state index contributed by atoms with van der Waals surface area (Å²) in [7, 11) is 2.10. The fraction of sp³-hybridized carbons (Fsp3) is 0.571. The number of nitrogens with zero attached hydrogens (tertiary/aromatic N) is 2. The van der Waals surface area contributed by atoms with Crippen LogP contribution < -0.4 is 11.1 Å². The van der Waals surface area contributed by atoms with Gasteiger partial charge in [0.05, 0.1) is 12.3 Å². The van der Waals surface area contributed by atoms with E-state index in [2.05, 4.69) is 17.3 Å². The molecule has 6 nitrogen and oxygen atoms in total. The number of hydrogen-bond acceptors (Lipinski definition) is 7. The lowest BCUT2D eigenvalue weighted by Crippen LogP contribution is -2.19. The van der Waals surface area contributed by atoms with Crippen LogP contribution in [0.1, 0.15) is 28.6 Å². The maximum absolute atomic E-state index is 12.0. The van der Waals surface area contributed by atoms with Crippen molar-refractivity contribution in [1.82, 2.24) is 4.90 Å². The van der Waals surface area contributed by atoms with E-state index < -0.39 is 5.97 Å². The SMILES string of the molecule is CCOC(=O)c1c(NCC2CCN(C)C2)sc(C#N)c1N. The Morgan fingerprint density at radius 3 is 3.00 bits per heavy atom. The van der Waals surface area contributed by atoms with Crippen LogP contribution in [0.4, 0.5) is 10.7 Å². The van der Waals surface area contributed by atoms with Gasteiger partial charge in [0.25, 0.3) is 0 Å². The summed E-state index contributed by atoms with van der Waals surface area (Å²) in [6.45, 7) is 4.92. The first-order valence-electron chi connectivity index (χ1n) is 6.98. The number of nitrogens with two attached hydrogens (primary N) is 1. The number of rotatable bonds is 5. The molecule has 1 saturated heterocycles. The highest BCUT2D eigenvalue weighted by Gasteiger charge is 2.25. The van der Waals surface area contributed by atoms with Crippen molar-refractivity contribution in [2.24, 2.45) is 5.92 Å². The smallest absolute Gasteiger partial charge is 0.343 e. The second-order valence-corrected chi connectivity index (χ2v) is 6.20. The number of carbonyl (C=O) groups excluding carboxylic acids is 1. The van der Waals surface area contributed by atoms with Crippen molar-refractivity contribution in [2.75, 3.05) is 44.3 Å². The standard InChI is InChI=1S/C14H20N4O2S/c1-3-20-14(19)11-12(16)10(6-15)21-13(11)17-7-9-4-5-18(2)8-9/h9,17H,3-5,7-8,16H2,1-2H3. The molecular weight excluding hydrogens is 288 g/mol. The molecule has 21 heavy (non-hydrogen) atoms. The van der Waals surface area contributed by atoms with Gasteiger partial charge in [-0.3, -0.25) is 0 Å². The third kappa shape index (κ3) is 3.46. The van der Waals surface area contributed by atoms with Gasteiger partial charge in [0.1, 0.15) is 21.5 Å². The van der Waals surface area contributed by atoms with E-state index in [1.165, 1.54) is 11.3 Å². The highest BCUT2D eigenvalue weighted by atomic mass is 32.1. The normalized spacial score (nSPS) is 18.4. The van der Waals surface area contributed by atoms with Crippen LogP contribution in [0.2, 0.25) is 0 Å². The number of anilines is 2. The van der Waals surface area contributed by atoms with Crippen molar-refractivity contribution < 1.29 is 9.53 Å². The molecule has 0 amide bonds. The fourth-order valence-electron chi connectivity index (χ4n) is 2.49. The Morgan fingerprint density at radius 2 is 2.43 bits per heavy atom. The molecule has 0 saturated carbocycles. The van der Waals surface area contributed by atoms with E-state index in [0.717, 1.165) is 26.1 Å². The van der Waals surface area contributed by atoms with Crippen LogP contribution in [0.5, 0.6) is 0 Å². The van der Waals surface area contributed by atoms with Crippen molar-refractivity contribution in [3.63, 3.8) is 0 Å². The Kier molecular flexibility index (Phi) is 5.04. The van der Waals surface area contributed by atoms with Crippen LogP contribution in [-0.2, 0) is 4.74 Å². The molecule has 1 aromatic rings. The third-order valence-corrected chi connectivity index (χ3v) is 4.63. The molecule has 1 fully saturated rings. The first kappa shape index (κ1) is 15.6. The van der Waals surface area contributed by atoms with Crippen molar-refractivity contribution in [2.45, 2.75) is 13.3 Å². The summed E-state index contributed by atoms with van der Waals surface area (Å²) < 4.78 is 5.03. The highest BCUT2D eigenvalue weighted by Crippen LogP contribution is 2.36. The van der Waals surface area contributed by atoms with Crippen LogP contribution in [0.25, 0.3) is 0 Å². The van der Waals surface area contributed by atoms with Gasteiger partial charge in [-0.25, -0.2) is 4.79 Å². The largest absolute Gasteiger partial charge is 0.462 e. The molecule has 2 rings (SSSR count). The molecule has 7 heteroatoms. The maximum atomic E-state index is 12.0. The summed E-state index contributed by atoms with van der Waals surface area (Å²) in [6.07, 6.45) is 1.13. The second kappa shape index (κ2) is 6.78. The zero-order chi connectivity index (χ0) is 15.4. The number of likely N-dealkylation sites (tertiary alicyclic amines) is 1. The Balaban J connectivity index is 2.14. The van der Waals surface area contributed by atoms with Gasteiger partial charge in [0.2, 0.25) is 0 Å². The second-order valence-electron chi connectivity index (χ2n) is 5.18. The molecule has 0 radical (unpaired) electrons. The molecule has 0 aliphatic carbocycles. The van der Waals surface area contributed by atoms with Gasteiger partial charge in [-0.05, 0) is 32.9 Å². The first-order valence-corrected chi connectivity index (χ1v) is 7.80. The number of hydrogen-bond donors (Lipinski definition) is 2. The zero-order valence-corrected chi connectivity index (χ0v) is 13.1. The van der Waals surface area contributed by atoms with Gasteiger partial charge >= 0.3 is 5.97 Å². The van der Waals surface area contributed by atoms with Gasteiger partial charge in [-0.15, -0.1) is 11.3 Å². The minimum absolute atomic E-state index is 0.215. The van der Waals surface area contributed by atoms with E-state index in [-0.39, 0.29) is 12.3 Å². The fourth-order valence-corrected chi connectivity index (χ4v) is 3.40. The van der Waals surface area contributed by atoms with Crippen LogP contribution >= 0.6 is 11.3 Å². The summed E-state index contributed by atoms with van der Waals surface area (Å²) in [5, 5.41) is 13.0. The van der Waals surface area contributed by atoms with E-state index in [4.69, 9.17) is 15.7 Å². The highest BCUT2D eigenvalue weighted by molar-refractivity contribution is 7.17. The predicted molar refractivity (Wildman–Crippen MR) is 83.5 cm³/mol. The molecule has 1 unspecified atom stereocenters. The van der Waals surface area contributed by atoms with Crippen LogP contribution in [0.15, 0.2) is 0 Å². The quantitative estimate of drug-likeness (QED) is 0.805. The third-order valence-electron chi connectivity index (χ3n) is 3.57. The first-order chi connectivity index (χ1) is 10.1. The molecule has 1 atom stereocenters. The molecule has 1 aliphatic heterocycles. The van der Waals surface area contributed by atoms with Gasteiger partial charge in [0, 0.05) is 13.1 Å². The van der Waals surface area contributed by atoms with E-state index in [9.17, 15) is 4.79 Å². The summed E-state index contributed by atoms with van der Waals surface area (Å²) in [4.78, 5) is 14.6. The van der Waals surface area contributed by atoms with E-state index in [1.54, 1.807) is 6.92 Å². The minimum Gasteiger partial charge on any atom is -0.462 e. The number of thiophene rings is 1. The lowest BCUT2D eigenvalue weighted by Gasteiger charge is -2.12. The van der Waals surface area contributed by atoms with Gasteiger partial charge in [0.15, 0.2) is 0 Å². The minimum atomic E-state index is -0.473. The molecule has 1 aromatic heterocycles. The topological polar surface area (TPSA) is 91.4 Å². The van der Waals surface area contributed by atoms with Crippen molar-refractivity contribution >= 4 is 28.0 Å². The van der Waals surface area contributed by atoms with Crippen molar-refractivity contribution in [3.8, 4) is 6.07 Å². The van der Waals surface area contributed by atoms with Crippen LogP contribution in [-0.4, -0.2) is 44.2 Å². The maximum Gasteiger partial charge on any atom is 0.343 e. The van der Waals surface area contributed by atoms with Gasteiger partial charge in [-0.1, -0.05) is 0 Å². The predicted octanol–water partition coefficient (Wildman–Crippen LogP) is 1.74. The number of carbonyl (C=O) groups is 1. The Labute approximate surface area is 128 Å². The molecule has 1 aliphatic rings. The Bertz CT molecular complexity index is 564. The monoisotopic (exact) mass is 308 g/mol. The molecule has 2 heterocycles. The van der Waals surface area contributed by atoms with Crippen molar-refractivity contribution in [1.29, 1.82) is 5.26 Å².